The lowest BCUT2D eigenvalue weighted by Gasteiger charge is -2.31. The lowest BCUT2D eigenvalue weighted by atomic mass is 10.0. The van der Waals surface area contributed by atoms with Gasteiger partial charge in [0.1, 0.15) is 11.6 Å². The van der Waals surface area contributed by atoms with Crippen molar-refractivity contribution in [3.05, 3.63) is 65.7 Å². The van der Waals surface area contributed by atoms with Crippen molar-refractivity contribution in [1.82, 2.24) is 9.97 Å². The predicted octanol–water partition coefficient (Wildman–Crippen LogP) is 4.62. The first-order chi connectivity index (χ1) is 16.0. The molecule has 3 heterocycles. The molecule has 1 aliphatic heterocycles. The molecule has 1 aromatic carbocycles. The highest BCUT2D eigenvalue weighted by Crippen LogP contribution is 2.38. The van der Waals surface area contributed by atoms with Crippen molar-refractivity contribution in [2.45, 2.75) is 37.0 Å². The molecule has 0 spiro atoms. The third-order valence-electron chi connectivity index (χ3n) is 5.61. The van der Waals surface area contributed by atoms with Crippen molar-refractivity contribution in [2.75, 3.05) is 22.7 Å². The first kappa shape index (κ1) is 26.7. The van der Waals surface area contributed by atoms with Gasteiger partial charge in [0.2, 0.25) is 0 Å². The molecule has 4 rings (SSSR count). The summed E-state index contributed by atoms with van der Waals surface area (Å²) in [5.74, 6) is 0.234. The molecule has 0 amide bonds. The van der Waals surface area contributed by atoms with Crippen molar-refractivity contribution in [3.63, 3.8) is 0 Å². The van der Waals surface area contributed by atoms with Crippen molar-refractivity contribution in [3.8, 4) is 11.3 Å². The molecule has 7 nitrogen and oxygen atoms in total. The predicted molar refractivity (Wildman–Crippen MR) is 131 cm³/mol. The molecule has 0 aliphatic carbocycles. The van der Waals surface area contributed by atoms with Crippen LogP contribution < -0.4 is 15.4 Å². The Balaban J connectivity index is 0.00000342. The minimum absolute atomic E-state index is 0. The molecule has 0 saturated carbocycles. The van der Waals surface area contributed by atoms with E-state index in [0.29, 0.717) is 24.5 Å². The van der Waals surface area contributed by atoms with E-state index in [-0.39, 0.29) is 40.6 Å². The summed E-state index contributed by atoms with van der Waals surface area (Å²) in [6.45, 7) is 2.93. The van der Waals surface area contributed by atoms with E-state index in [1.165, 1.54) is 12.1 Å². The van der Waals surface area contributed by atoms with Crippen LogP contribution >= 0.6 is 12.4 Å². The number of halogens is 4. The molecule has 0 bridgehead atoms. The van der Waals surface area contributed by atoms with Crippen molar-refractivity contribution < 1.29 is 21.6 Å². The van der Waals surface area contributed by atoms with Crippen LogP contribution in [0.4, 0.5) is 24.8 Å². The Kier molecular flexibility index (Phi) is 7.93. The minimum Gasteiger partial charge on any atom is -0.355 e. The Morgan fingerprint density at radius 3 is 2.49 bits per heavy atom. The Hall–Kier alpha value is -2.89. The molecule has 35 heavy (non-hydrogen) atoms. The fraction of sp³-hybridized carbons (Fsp3) is 0.304. The molecule has 1 saturated heterocycles. The van der Waals surface area contributed by atoms with Crippen LogP contribution in [0.25, 0.3) is 11.3 Å². The number of benzene rings is 1. The van der Waals surface area contributed by atoms with E-state index in [0.717, 1.165) is 25.0 Å². The molecule has 0 unspecified atom stereocenters. The number of rotatable bonds is 5. The molecular weight excluding hydrogens is 503 g/mol. The summed E-state index contributed by atoms with van der Waals surface area (Å²) in [5, 5.41) is -0.261. The van der Waals surface area contributed by atoms with Gasteiger partial charge in [-0.2, -0.15) is 21.6 Å². The molecule has 3 aromatic rings. The lowest BCUT2D eigenvalue weighted by molar-refractivity contribution is -0.137. The molecule has 188 valence electrons. The second kappa shape index (κ2) is 10.4. The number of pyridine rings is 2. The lowest BCUT2D eigenvalue weighted by Crippen LogP contribution is -2.43. The minimum atomic E-state index is -4.66. The van der Waals surface area contributed by atoms with E-state index in [1.54, 1.807) is 37.3 Å². The zero-order chi connectivity index (χ0) is 24.5. The molecular formula is C23H25ClF3N5O2S. The van der Waals surface area contributed by atoms with Gasteiger partial charge in [-0.3, -0.25) is 4.72 Å². The van der Waals surface area contributed by atoms with Gasteiger partial charge in [0.25, 0.3) is 10.0 Å². The highest BCUT2D eigenvalue weighted by molar-refractivity contribution is 7.92. The highest BCUT2D eigenvalue weighted by atomic mass is 35.5. The SMILES string of the molecule is Cc1ccccc1-c1nc(NS(=O)(=O)c2cccc(N3CCC[C@H](N)C3)n2)ccc1C(F)(F)F.Cl. The fourth-order valence-corrected chi connectivity index (χ4v) is 4.89. The average molecular weight is 528 g/mol. The van der Waals surface area contributed by atoms with E-state index in [4.69, 9.17) is 5.73 Å². The third kappa shape index (κ3) is 6.03. The van der Waals surface area contributed by atoms with Gasteiger partial charge < -0.3 is 10.6 Å². The molecule has 1 atom stereocenters. The normalized spacial score (nSPS) is 16.5. The number of nitrogens with two attached hydrogens (primary N) is 1. The van der Waals surface area contributed by atoms with Gasteiger partial charge >= 0.3 is 6.18 Å². The summed E-state index contributed by atoms with van der Waals surface area (Å²) in [4.78, 5) is 10.2. The Labute approximate surface area is 208 Å². The van der Waals surface area contributed by atoms with E-state index in [9.17, 15) is 21.6 Å². The quantitative estimate of drug-likeness (QED) is 0.502. The van der Waals surface area contributed by atoms with Gasteiger partial charge in [-0.15, -0.1) is 12.4 Å². The topological polar surface area (TPSA) is 101 Å². The number of nitrogens with zero attached hydrogens (tertiary/aromatic N) is 3. The van der Waals surface area contributed by atoms with Crippen LogP contribution in [-0.4, -0.2) is 37.5 Å². The summed E-state index contributed by atoms with van der Waals surface area (Å²) < 4.78 is 69.2. The number of alkyl halides is 3. The number of nitrogens with one attached hydrogen (secondary N) is 1. The van der Waals surface area contributed by atoms with Gasteiger partial charge in [0.05, 0.1) is 11.3 Å². The number of hydrogen-bond acceptors (Lipinski definition) is 6. The summed E-state index contributed by atoms with van der Waals surface area (Å²) >= 11 is 0. The maximum absolute atomic E-state index is 13.6. The number of sulfonamides is 1. The van der Waals surface area contributed by atoms with Crippen LogP contribution in [0.15, 0.2) is 59.6 Å². The zero-order valence-corrected chi connectivity index (χ0v) is 20.4. The van der Waals surface area contributed by atoms with Crippen molar-refractivity contribution in [1.29, 1.82) is 0 Å². The smallest absolute Gasteiger partial charge is 0.355 e. The van der Waals surface area contributed by atoms with Crippen LogP contribution in [0, 0.1) is 6.92 Å². The van der Waals surface area contributed by atoms with Gasteiger partial charge in [-0.05, 0) is 49.6 Å². The van der Waals surface area contributed by atoms with Gasteiger partial charge in [-0.25, -0.2) is 9.97 Å². The standard InChI is InChI=1S/C23H24F3N5O2S.ClH/c1-15-6-2-3-8-17(15)22-18(23(24,25)26)11-12-19(28-22)30-34(32,33)21-10-4-9-20(29-21)31-13-5-7-16(27)14-31;/h2-4,6,8-12,16H,5,7,13-14,27H2,1H3,(H,28,30);1H/t16-;/m0./s1. The number of aryl methyl sites for hydroxylation is 1. The Morgan fingerprint density at radius 2 is 1.80 bits per heavy atom. The number of hydrogen-bond donors (Lipinski definition) is 2. The summed E-state index contributed by atoms with van der Waals surface area (Å²) in [6.07, 6.45) is -2.90. The molecule has 2 aromatic heterocycles. The van der Waals surface area contributed by atoms with Crippen molar-refractivity contribution >= 4 is 34.1 Å². The monoisotopic (exact) mass is 527 g/mol. The van der Waals surface area contributed by atoms with Crippen molar-refractivity contribution in [2.24, 2.45) is 5.73 Å². The van der Waals surface area contributed by atoms with Crippen LogP contribution in [0.2, 0.25) is 0 Å². The number of piperidine rings is 1. The van der Waals surface area contributed by atoms with E-state index >= 15 is 0 Å². The number of aromatic nitrogens is 2. The van der Waals surface area contributed by atoms with Crippen LogP contribution in [0.1, 0.15) is 24.0 Å². The van der Waals surface area contributed by atoms with E-state index in [1.807, 2.05) is 4.90 Å². The van der Waals surface area contributed by atoms with Gasteiger partial charge in [-0.1, -0.05) is 30.3 Å². The van der Waals surface area contributed by atoms with Crippen LogP contribution in [0.5, 0.6) is 0 Å². The van der Waals surface area contributed by atoms with Gasteiger partial charge in [0, 0.05) is 24.7 Å². The molecule has 0 radical (unpaired) electrons. The third-order valence-corrected chi connectivity index (χ3v) is 6.86. The fourth-order valence-electron chi connectivity index (χ4n) is 3.93. The Morgan fingerprint density at radius 1 is 1.06 bits per heavy atom. The largest absolute Gasteiger partial charge is 0.418 e. The maximum Gasteiger partial charge on any atom is 0.418 e. The second-order valence-corrected chi connectivity index (χ2v) is 9.82. The van der Waals surface area contributed by atoms with E-state index in [2.05, 4.69) is 14.7 Å². The number of anilines is 2. The first-order valence-corrected chi connectivity index (χ1v) is 12.2. The molecule has 12 heteroatoms. The second-order valence-electron chi connectivity index (χ2n) is 8.19. The zero-order valence-electron chi connectivity index (χ0n) is 18.8. The Bertz CT molecular complexity index is 1300. The highest BCUT2D eigenvalue weighted by Gasteiger charge is 2.35. The van der Waals surface area contributed by atoms with Crippen LogP contribution in [-0.2, 0) is 16.2 Å². The summed E-state index contributed by atoms with van der Waals surface area (Å²) in [7, 11) is -4.21. The average Bonchev–Trinajstić information content (AvgIpc) is 2.78. The molecule has 1 fully saturated rings. The molecule has 3 N–H and O–H groups in total. The maximum atomic E-state index is 13.6. The summed E-state index contributed by atoms with van der Waals surface area (Å²) in [5.41, 5.74) is 5.55. The first-order valence-electron chi connectivity index (χ1n) is 10.7. The van der Waals surface area contributed by atoms with Gasteiger partial charge in [0.15, 0.2) is 5.03 Å². The van der Waals surface area contributed by atoms with E-state index < -0.39 is 21.8 Å². The summed E-state index contributed by atoms with van der Waals surface area (Å²) in [6, 6.07) is 12.9. The van der Waals surface area contributed by atoms with Crippen LogP contribution in [0.3, 0.4) is 0 Å². The molecule has 1 aliphatic rings.